The molecule has 1 aliphatic rings. The van der Waals surface area contributed by atoms with Crippen LogP contribution in [0.5, 0.6) is 0 Å². The quantitative estimate of drug-likeness (QED) is 0.868. The number of carbonyl (C=O) groups excluding carboxylic acids is 1. The number of likely N-dealkylation sites (tertiary alicyclic amines) is 1. The van der Waals surface area contributed by atoms with E-state index in [0.29, 0.717) is 6.42 Å². The molecule has 0 saturated carbocycles. The van der Waals surface area contributed by atoms with Crippen molar-refractivity contribution in [2.24, 2.45) is 0 Å². The van der Waals surface area contributed by atoms with Gasteiger partial charge in [-0.05, 0) is 45.6 Å². The monoisotopic (exact) mass is 326 g/mol. The Kier molecular flexibility index (Phi) is 4.97. The zero-order valence-electron chi connectivity index (χ0n) is 14.8. The molecule has 1 aromatic carbocycles. The Morgan fingerprint density at radius 2 is 1.96 bits per heavy atom. The fourth-order valence-corrected chi connectivity index (χ4v) is 3.43. The minimum Gasteiger partial charge on any atom is -0.341 e. The number of carbonyl (C=O) groups is 1. The van der Waals surface area contributed by atoms with Gasteiger partial charge in [-0.2, -0.15) is 5.10 Å². The number of amides is 1. The minimum absolute atomic E-state index is 0.245. The van der Waals surface area contributed by atoms with E-state index in [4.69, 9.17) is 0 Å². The van der Waals surface area contributed by atoms with Crippen molar-refractivity contribution in [1.82, 2.24) is 19.7 Å². The van der Waals surface area contributed by atoms with Crippen LogP contribution in [0.25, 0.3) is 0 Å². The van der Waals surface area contributed by atoms with Gasteiger partial charge in [0.25, 0.3) is 0 Å². The molecule has 1 aromatic heterocycles. The number of aromatic nitrogens is 3. The van der Waals surface area contributed by atoms with Crippen LogP contribution in [-0.4, -0.2) is 38.7 Å². The molecule has 5 heteroatoms. The first-order valence-corrected chi connectivity index (χ1v) is 8.76. The summed E-state index contributed by atoms with van der Waals surface area (Å²) in [7, 11) is 0. The van der Waals surface area contributed by atoms with E-state index in [1.807, 2.05) is 23.4 Å². The van der Waals surface area contributed by atoms with Crippen LogP contribution in [0.3, 0.4) is 0 Å². The second-order valence-electron chi connectivity index (χ2n) is 6.77. The van der Waals surface area contributed by atoms with Gasteiger partial charge in [0.15, 0.2) is 0 Å². The summed E-state index contributed by atoms with van der Waals surface area (Å²) >= 11 is 0. The third kappa shape index (κ3) is 3.83. The van der Waals surface area contributed by atoms with Crippen LogP contribution in [0.15, 0.2) is 24.3 Å². The summed E-state index contributed by atoms with van der Waals surface area (Å²) in [6.07, 6.45) is 3.47. The number of piperidine rings is 1. The van der Waals surface area contributed by atoms with Gasteiger partial charge in [-0.3, -0.25) is 4.79 Å². The van der Waals surface area contributed by atoms with Crippen molar-refractivity contribution in [2.45, 2.75) is 52.5 Å². The van der Waals surface area contributed by atoms with Crippen LogP contribution in [0.4, 0.5) is 0 Å². The molecule has 128 valence electrons. The van der Waals surface area contributed by atoms with Crippen molar-refractivity contribution >= 4 is 5.91 Å². The van der Waals surface area contributed by atoms with Gasteiger partial charge in [-0.1, -0.05) is 29.8 Å². The van der Waals surface area contributed by atoms with E-state index in [-0.39, 0.29) is 11.9 Å². The van der Waals surface area contributed by atoms with Crippen molar-refractivity contribution in [3.05, 3.63) is 47.0 Å². The SMILES string of the molecule is Cc1ccc(CCC(=O)N2CCCC(n3nc(C)nc3C)C2)cc1. The van der Waals surface area contributed by atoms with Gasteiger partial charge in [-0.15, -0.1) is 0 Å². The lowest BCUT2D eigenvalue weighted by molar-refractivity contribution is -0.132. The largest absolute Gasteiger partial charge is 0.341 e. The molecule has 1 atom stereocenters. The van der Waals surface area contributed by atoms with Crippen molar-refractivity contribution in [3.8, 4) is 0 Å². The fraction of sp³-hybridized carbons (Fsp3) is 0.526. The molecule has 1 unspecified atom stereocenters. The zero-order chi connectivity index (χ0) is 17.1. The average Bonchev–Trinajstić information content (AvgIpc) is 2.92. The average molecular weight is 326 g/mol. The molecule has 3 rings (SSSR count). The van der Waals surface area contributed by atoms with E-state index >= 15 is 0 Å². The Hall–Kier alpha value is -2.17. The molecule has 0 radical (unpaired) electrons. The fourth-order valence-electron chi connectivity index (χ4n) is 3.43. The maximum absolute atomic E-state index is 12.6. The summed E-state index contributed by atoms with van der Waals surface area (Å²) in [5.41, 5.74) is 2.48. The molecule has 0 bridgehead atoms. The van der Waals surface area contributed by atoms with Gasteiger partial charge < -0.3 is 4.90 Å². The smallest absolute Gasteiger partial charge is 0.222 e. The molecule has 1 fully saturated rings. The summed E-state index contributed by atoms with van der Waals surface area (Å²) in [5, 5.41) is 4.50. The Labute approximate surface area is 143 Å². The molecular weight excluding hydrogens is 300 g/mol. The summed E-state index contributed by atoms with van der Waals surface area (Å²) in [5.74, 6) is 1.98. The standard InChI is InChI=1S/C19H26N4O/c1-14-6-8-17(9-7-14)10-11-19(24)22-12-4-5-18(13-22)23-16(3)20-15(2)21-23/h6-9,18H,4-5,10-13H2,1-3H3. The lowest BCUT2D eigenvalue weighted by atomic mass is 10.0. The molecule has 0 aliphatic carbocycles. The van der Waals surface area contributed by atoms with Crippen molar-refractivity contribution in [1.29, 1.82) is 0 Å². The lowest BCUT2D eigenvalue weighted by Gasteiger charge is -2.33. The number of benzene rings is 1. The van der Waals surface area contributed by atoms with Crippen LogP contribution in [-0.2, 0) is 11.2 Å². The highest BCUT2D eigenvalue weighted by Crippen LogP contribution is 2.23. The molecule has 5 nitrogen and oxygen atoms in total. The highest BCUT2D eigenvalue weighted by molar-refractivity contribution is 5.76. The Morgan fingerprint density at radius 3 is 2.62 bits per heavy atom. The van der Waals surface area contributed by atoms with E-state index in [1.165, 1.54) is 11.1 Å². The van der Waals surface area contributed by atoms with E-state index in [2.05, 4.69) is 41.3 Å². The Bertz CT molecular complexity index is 705. The first-order valence-electron chi connectivity index (χ1n) is 8.76. The highest BCUT2D eigenvalue weighted by atomic mass is 16.2. The molecule has 1 amide bonds. The molecule has 1 saturated heterocycles. The predicted octanol–water partition coefficient (Wildman–Crippen LogP) is 3.00. The molecule has 2 aromatic rings. The maximum atomic E-state index is 12.6. The first kappa shape index (κ1) is 16.7. The van der Waals surface area contributed by atoms with Crippen LogP contribution in [0.1, 0.15) is 48.1 Å². The van der Waals surface area contributed by atoms with Crippen LogP contribution in [0.2, 0.25) is 0 Å². The molecule has 2 heterocycles. The zero-order valence-corrected chi connectivity index (χ0v) is 14.8. The third-order valence-electron chi connectivity index (χ3n) is 4.75. The van der Waals surface area contributed by atoms with Crippen molar-refractivity contribution in [2.75, 3.05) is 13.1 Å². The van der Waals surface area contributed by atoms with E-state index in [9.17, 15) is 4.79 Å². The van der Waals surface area contributed by atoms with Gasteiger partial charge in [0.05, 0.1) is 6.04 Å². The highest BCUT2D eigenvalue weighted by Gasteiger charge is 2.26. The summed E-state index contributed by atoms with van der Waals surface area (Å²) < 4.78 is 1.99. The number of hydrogen-bond donors (Lipinski definition) is 0. The van der Waals surface area contributed by atoms with Gasteiger partial charge >= 0.3 is 0 Å². The molecule has 1 aliphatic heterocycles. The lowest BCUT2D eigenvalue weighted by Crippen LogP contribution is -2.41. The van der Waals surface area contributed by atoms with Crippen molar-refractivity contribution < 1.29 is 4.79 Å². The molecule has 0 N–H and O–H groups in total. The normalized spacial score (nSPS) is 18.0. The number of aryl methyl sites for hydroxylation is 4. The molecule has 0 spiro atoms. The number of nitrogens with zero attached hydrogens (tertiary/aromatic N) is 4. The van der Waals surface area contributed by atoms with Crippen LogP contribution >= 0.6 is 0 Å². The van der Waals surface area contributed by atoms with Gasteiger partial charge in [0.2, 0.25) is 5.91 Å². The third-order valence-corrected chi connectivity index (χ3v) is 4.75. The van der Waals surface area contributed by atoms with E-state index in [1.54, 1.807) is 0 Å². The van der Waals surface area contributed by atoms with Crippen LogP contribution < -0.4 is 0 Å². The van der Waals surface area contributed by atoms with Gasteiger partial charge in [0, 0.05) is 19.5 Å². The topological polar surface area (TPSA) is 51.0 Å². The summed E-state index contributed by atoms with van der Waals surface area (Å²) in [6, 6.07) is 8.69. The van der Waals surface area contributed by atoms with Crippen LogP contribution in [0, 0.1) is 20.8 Å². The van der Waals surface area contributed by atoms with Gasteiger partial charge in [-0.25, -0.2) is 9.67 Å². The molecular formula is C19H26N4O. The minimum atomic E-state index is 0.245. The molecule has 24 heavy (non-hydrogen) atoms. The number of rotatable bonds is 4. The first-order chi connectivity index (χ1) is 11.5. The van der Waals surface area contributed by atoms with Gasteiger partial charge in [0.1, 0.15) is 11.6 Å². The second kappa shape index (κ2) is 7.16. The second-order valence-corrected chi connectivity index (χ2v) is 6.77. The Balaban J connectivity index is 1.58. The summed E-state index contributed by atoms with van der Waals surface area (Å²) in [4.78, 5) is 19.0. The number of hydrogen-bond acceptors (Lipinski definition) is 3. The maximum Gasteiger partial charge on any atom is 0.222 e. The Morgan fingerprint density at radius 1 is 1.21 bits per heavy atom. The van der Waals surface area contributed by atoms with Crippen molar-refractivity contribution in [3.63, 3.8) is 0 Å². The van der Waals surface area contributed by atoms with E-state index in [0.717, 1.165) is 44.0 Å². The van der Waals surface area contributed by atoms with E-state index < -0.39 is 0 Å². The predicted molar refractivity (Wildman–Crippen MR) is 93.8 cm³/mol. The summed E-state index contributed by atoms with van der Waals surface area (Å²) in [6.45, 7) is 7.58.